The summed E-state index contributed by atoms with van der Waals surface area (Å²) in [4.78, 5) is 0. The Labute approximate surface area is 86.8 Å². The fraction of sp³-hybridized carbons (Fsp3) is 0.385. The normalized spacial score (nSPS) is 9.71. The molecule has 0 saturated heterocycles. The third kappa shape index (κ3) is 3.25. The summed E-state index contributed by atoms with van der Waals surface area (Å²) in [6, 6.07) is 6.48. The highest BCUT2D eigenvalue weighted by Gasteiger charge is 1.95. The average molecular weight is 189 g/mol. The zero-order chi connectivity index (χ0) is 10.6. The molecule has 0 unspecified atom stereocenters. The third-order valence-corrected chi connectivity index (χ3v) is 2.18. The fourth-order valence-electron chi connectivity index (χ4n) is 1.38. The number of benzene rings is 1. The molecule has 0 heterocycles. The van der Waals surface area contributed by atoms with Crippen molar-refractivity contribution in [2.45, 2.75) is 27.7 Å². The van der Waals surface area contributed by atoms with E-state index in [2.05, 4.69) is 57.3 Å². The Morgan fingerprint density at radius 1 is 1.29 bits per heavy atom. The van der Waals surface area contributed by atoms with E-state index >= 15 is 0 Å². The molecule has 0 aliphatic carbocycles. The molecule has 0 atom stereocenters. The number of nitrogens with one attached hydrogen (secondary N) is 1. The first-order chi connectivity index (χ1) is 6.59. The maximum absolute atomic E-state index is 3.40. The molecule has 1 rings (SSSR count). The summed E-state index contributed by atoms with van der Waals surface area (Å²) in [7, 11) is 0. The van der Waals surface area contributed by atoms with Crippen molar-refractivity contribution < 1.29 is 0 Å². The van der Waals surface area contributed by atoms with Crippen LogP contribution < -0.4 is 5.32 Å². The Morgan fingerprint density at radius 3 is 2.57 bits per heavy atom. The molecule has 0 aliphatic rings. The number of hydrogen-bond acceptors (Lipinski definition) is 1. The SMILES string of the molecule is CC(C)=CCNc1ccc(C)cc1C. The van der Waals surface area contributed by atoms with Gasteiger partial charge in [0.1, 0.15) is 0 Å². The summed E-state index contributed by atoms with van der Waals surface area (Å²) in [5.41, 5.74) is 5.21. The third-order valence-electron chi connectivity index (χ3n) is 2.18. The first kappa shape index (κ1) is 10.8. The highest BCUT2D eigenvalue weighted by atomic mass is 14.9. The van der Waals surface area contributed by atoms with Gasteiger partial charge in [-0.1, -0.05) is 29.3 Å². The second-order valence-corrected chi connectivity index (χ2v) is 3.98. The standard InChI is InChI=1S/C13H19N/c1-10(2)7-8-14-13-6-5-11(3)9-12(13)4/h5-7,9,14H,8H2,1-4H3. The molecule has 0 radical (unpaired) electrons. The molecule has 0 aliphatic heterocycles. The molecule has 1 N–H and O–H groups in total. The van der Waals surface area contributed by atoms with Crippen molar-refractivity contribution in [3.8, 4) is 0 Å². The minimum Gasteiger partial charge on any atom is -0.381 e. The Hall–Kier alpha value is -1.24. The van der Waals surface area contributed by atoms with E-state index in [0.29, 0.717) is 0 Å². The Bertz CT molecular complexity index is 333. The van der Waals surface area contributed by atoms with Gasteiger partial charge in [-0.25, -0.2) is 0 Å². The quantitative estimate of drug-likeness (QED) is 0.715. The van der Waals surface area contributed by atoms with E-state index in [1.807, 2.05) is 0 Å². The van der Waals surface area contributed by atoms with E-state index in [1.165, 1.54) is 22.4 Å². The Morgan fingerprint density at radius 2 is 2.00 bits per heavy atom. The van der Waals surface area contributed by atoms with E-state index in [1.54, 1.807) is 0 Å². The molecule has 0 spiro atoms. The van der Waals surface area contributed by atoms with Crippen molar-refractivity contribution in [3.63, 3.8) is 0 Å². The molecule has 1 aromatic rings. The van der Waals surface area contributed by atoms with Gasteiger partial charge in [0.25, 0.3) is 0 Å². The molecular formula is C13H19N. The van der Waals surface area contributed by atoms with Gasteiger partial charge < -0.3 is 5.32 Å². The van der Waals surface area contributed by atoms with Gasteiger partial charge in [0.15, 0.2) is 0 Å². The van der Waals surface area contributed by atoms with Gasteiger partial charge in [-0.05, 0) is 39.3 Å². The molecular weight excluding hydrogens is 170 g/mol. The van der Waals surface area contributed by atoms with Crippen LogP contribution in [0.1, 0.15) is 25.0 Å². The number of allylic oxidation sites excluding steroid dienone is 1. The van der Waals surface area contributed by atoms with Crippen LogP contribution >= 0.6 is 0 Å². The summed E-state index contributed by atoms with van der Waals surface area (Å²) in [6.07, 6.45) is 2.19. The summed E-state index contributed by atoms with van der Waals surface area (Å²) in [6.45, 7) is 9.39. The number of hydrogen-bond donors (Lipinski definition) is 1. The van der Waals surface area contributed by atoms with Crippen LogP contribution in [0.5, 0.6) is 0 Å². The van der Waals surface area contributed by atoms with Crippen LogP contribution in [0.3, 0.4) is 0 Å². The van der Waals surface area contributed by atoms with Crippen LogP contribution in [0.25, 0.3) is 0 Å². The lowest BCUT2D eigenvalue weighted by atomic mass is 10.1. The lowest BCUT2D eigenvalue weighted by Gasteiger charge is -2.08. The molecule has 1 heteroatoms. The summed E-state index contributed by atoms with van der Waals surface area (Å²) < 4.78 is 0. The smallest absolute Gasteiger partial charge is 0.0372 e. The van der Waals surface area contributed by atoms with Crippen LogP contribution in [0, 0.1) is 13.8 Å². The highest BCUT2D eigenvalue weighted by molar-refractivity contribution is 5.52. The van der Waals surface area contributed by atoms with Gasteiger partial charge in [0.05, 0.1) is 0 Å². The summed E-state index contributed by atoms with van der Waals surface area (Å²) in [5.74, 6) is 0. The Kier molecular flexibility index (Phi) is 3.75. The molecule has 0 fully saturated rings. The van der Waals surface area contributed by atoms with Crippen LogP contribution in [0.4, 0.5) is 5.69 Å². The van der Waals surface area contributed by atoms with E-state index in [4.69, 9.17) is 0 Å². The zero-order valence-electron chi connectivity index (χ0n) is 9.52. The fourth-order valence-corrected chi connectivity index (χ4v) is 1.38. The number of rotatable bonds is 3. The summed E-state index contributed by atoms with van der Waals surface area (Å²) >= 11 is 0. The lowest BCUT2D eigenvalue weighted by Crippen LogP contribution is -2.00. The second-order valence-electron chi connectivity index (χ2n) is 3.98. The molecule has 1 nitrogen and oxygen atoms in total. The van der Waals surface area contributed by atoms with Crippen molar-refractivity contribution in [1.82, 2.24) is 0 Å². The average Bonchev–Trinajstić information content (AvgIpc) is 2.08. The van der Waals surface area contributed by atoms with E-state index in [-0.39, 0.29) is 0 Å². The lowest BCUT2D eigenvalue weighted by molar-refractivity contribution is 1.24. The molecule has 0 amide bonds. The topological polar surface area (TPSA) is 12.0 Å². The predicted octanol–water partition coefficient (Wildman–Crippen LogP) is 3.68. The highest BCUT2D eigenvalue weighted by Crippen LogP contribution is 2.15. The van der Waals surface area contributed by atoms with Gasteiger partial charge in [-0.2, -0.15) is 0 Å². The van der Waals surface area contributed by atoms with Crippen molar-refractivity contribution in [2.24, 2.45) is 0 Å². The van der Waals surface area contributed by atoms with E-state index < -0.39 is 0 Å². The van der Waals surface area contributed by atoms with Gasteiger partial charge in [0, 0.05) is 12.2 Å². The number of anilines is 1. The molecule has 0 bridgehead atoms. The second kappa shape index (κ2) is 4.85. The number of aryl methyl sites for hydroxylation is 2. The van der Waals surface area contributed by atoms with Crippen molar-refractivity contribution in [3.05, 3.63) is 41.0 Å². The van der Waals surface area contributed by atoms with Gasteiger partial charge >= 0.3 is 0 Å². The van der Waals surface area contributed by atoms with Crippen LogP contribution in [0.15, 0.2) is 29.8 Å². The van der Waals surface area contributed by atoms with Crippen molar-refractivity contribution in [2.75, 3.05) is 11.9 Å². The predicted molar refractivity (Wildman–Crippen MR) is 63.8 cm³/mol. The van der Waals surface area contributed by atoms with Crippen molar-refractivity contribution in [1.29, 1.82) is 0 Å². The summed E-state index contributed by atoms with van der Waals surface area (Å²) in [5, 5.41) is 3.40. The molecule has 14 heavy (non-hydrogen) atoms. The minimum atomic E-state index is 0.909. The monoisotopic (exact) mass is 189 g/mol. The van der Waals surface area contributed by atoms with Crippen LogP contribution in [-0.2, 0) is 0 Å². The molecule has 0 saturated carbocycles. The first-order valence-electron chi connectivity index (χ1n) is 5.04. The largest absolute Gasteiger partial charge is 0.381 e. The first-order valence-corrected chi connectivity index (χ1v) is 5.04. The van der Waals surface area contributed by atoms with Gasteiger partial charge in [-0.15, -0.1) is 0 Å². The van der Waals surface area contributed by atoms with Gasteiger partial charge in [-0.3, -0.25) is 0 Å². The van der Waals surface area contributed by atoms with E-state index in [0.717, 1.165) is 6.54 Å². The van der Waals surface area contributed by atoms with Crippen LogP contribution in [-0.4, -0.2) is 6.54 Å². The Balaban J connectivity index is 2.64. The maximum atomic E-state index is 3.40. The maximum Gasteiger partial charge on any atom is 0.0372 e. The van der Waals surface area contributed by atoms with E-state index in [9.17, 15) is 0 Å². The van der Waals surface area contributed by atoms with Gasteiger partial charge in [0.2, 0.25) is 0 Å². The zero-order valence-corrected chi connectivity index (χ0v) is 9.52. The van der Waals surface area contributed by atoms with Crippen LogP contribution in [0.2, 0.25) is 0 Å². The molecule has 1 aromatic carbocycles. The molecule has 76 valence electrons. The minimum absolute atomic E-state index is 0.909. The van der Waals surface area contributed by atoms with Crippen molar-refractivity contribution >= 4 is 5.69 Å². The molecule has 0 aromatic heterocycles.